The van der Waals surface area contributed by atoms with Crippen molar-refractivity contribution in [1.29, 1.82) is 0 Å². The third-order valence-electron chi connectivity index (χ3n) is 3.49. The number of benzene rings is 2. The maximum atomic E-state index is 5.92. The largest absolute Gasteiger partial charge is 0.489 e. The van der Waals surface area contributed by atoms with Gasteiger partial charge in [-0.3, -0.25) is 0 Å². The van der Waals surface area contributed by atoms with Gasteiger partial charge in [-0.25, -0.2) is 0 Å². The summed E-state index contributed by atoms with van der Waals surface area (Å²) in [6, 6.07) is 19.0. The second-order valence-electron chi connectivity index (χ2n) is 5.04. The summed E-state index contributed by atoms with van der Waals surface area (Å²) in [4.78, 5) is 0. The minimum Gasteiger partial charge on any atom is -0.489 e. The molecule has 2 aromatic carbocycles. The molecular weight excluding hydrogens is 270 g/mol. The number of halogens is 1. The van der Waals surface area contributed by atoms with E-state index in [1.165, 1.54) is 11.1 Å². The maximum Gasteiger partial charge on any atom is 0.119 e. The Bertz CT molecular complexity index is 506. The predicted octanol–water partition coefficient (Wildman–Crippen LogP) is 3.44. The van der Waals surface area contributed by atoms with Crippen LogP contribution in [0, 0.1) is 0 Å². The normalized spacial score (nSPS) is 17.5. The Morgan fingerprint density at radius 3 is 2.30 bits per heavy atom. The molecule has 106 valence electrons. The standard InChI is InChI=1S/C17H19NO.ClH/c1-2-4-14(5-3-1)12-15-6-8-16(9-7-15)19-17-10-11-18-13-17;/h1-9,17-18H,10-13H2;1H/t17-;/m0./s1. The second kappa shape index (κ2) is 7.32. The van der Waals surface area contributed by atoms with E-state index in [1.54, 1.807) is 0 Å². The summed E-state index contributed by atoms with van der Waals surface area (Å²) in [5.41, 5.74) is 2.67. The van der Waals surface area contributed by atoms with Crippen LogP contribution in [-0.2, 0) is 6.42 Å². The fourth-order valence-electron chi connectivity index (χ4n) is 2.44. The Balaban J connectivity index is 0.00000147. The van der Waals surface area contributed by atoms with Gasteiger partial charge in [-0.1, -0.05) is 42.5 Å². The van der Waals surface area contributed by atoms with Gasteiger partial charge in [0.1, 0.15) is 11.9 Å². The van der Waals surface area contributed by atoms with Crippen LogP contribution in [0.4, 0.5) is 0 Å². The van der Waals surface area contributed by atoms with Crippen molar-refractivity contribution in [3.63, 3.8) is 0 Å². The van der Waals surface area contributed by atoms with E-state index in [4.69, 9.17) is 4.74 Å². The summed E-state index contributed by atoms with van der Waals surface area (Å²) in [5.74, 6) is 0.977. The van der Waals surface area contributed by atoms with E-state index in [2.05, 4.69) is 59.9 Å². The monoisotopic (exact) mass is 289 g/mol. The topological polar surface area (TPSA) is 21.3 Å². The van der Waals surface area contributed by atoms with Gasteiger partial charge in [0.15, 0.2) is 0 Å². The number of hydrogen-bond acceptors (Lipinski definition) is 2. The average Bonchev–Trinajstić information content (AvgIpc) is 2.95. The third-order valence-corrected chi connectivity index (χ3v) is 3.49. The van der Waals surface area contributed by atoms with Crippen molar-refractivity contribution in [3.05, 3.63) is 65.7 Å². The quantitative estimate of drug-likeness (QED) is 0.931. The molecule has 1 atom stereocenters. The molecule has 0 aliphatic carbocycles. The van der Waals surface area contributed by atoms with Crippen molar-refractivity contribution in [2.24, 2.45) is 0 Å². The fourth-order valence-corrected chi connectivity index (χ4v) is 2.44. The lowest BCUT2D eigenvalue weighted by Crippen LogP contribution is -2.19. The molecule has 1 fully saturated rings. The van der Waals surface area contributed by atoms with Crippen molar-refractivity contribution in [2.45, 2.75) is 18.9 Å². The highest BCUT2D eigenvalue weighted by atomic mass is 35.5. The zero-order chi connectivity index (χ0) is 12.9. The van der Waals surface area contributed by atoms with Crippen LogP contribution in [0.15, 0.2) is 54.6 Å². The highest BCUT2D eigenvalue weighted by Crippen LogP contribution is 2.18. The summed E-state index contributed by atoms with van der Waals surface area (Å²) < 4.78 is 5.92. The Hall–Kier alpha value is -1.51. The molecule has 0 unspecified atom stereocenters. The van der Waals surface area contributed by atoms with E-state index in [9.17, 15) is 0 Å². The molecule has 3 heteroatoms. The van der Waals surface area contributed by atoms with Gasteiger partial charge in [-0.2, -0.15) is 0 Å². The van der Waals surface area contributed by atoms with E-state index in [0.717, 1.165) is 31.7 Å². The van der Waals surface area contributed by atoms with Crippen molar-refractivity contribution in [3.8, 4) is 5.75 Å². The SMILES string of the molecule is Cl.c1ccc(Cc2ccc(O[C@H]3CCNC3)cc2)cc1. The molecule has 0 saturated carbocycles. The Morgan fingerprint density at radius 1 is 0.950 bits per heavy atom. The van der Waals surface area contributed by atoms with Crippen LogP contribution in [0.2, 0.25) is 0 Å². The lowest BCUT2D eigenvalue weighted by molar-refractivity contribution is 0.223. The molecule has 1 heterocycles. The lowest BCUT2D eigenvalue weighted by Gasteiger charge is -2.12. The highest BCUT2D eigenvalue weighted by Gasteiger charge is 2.15. The molecule has 20 heavy (non-hydrogen) atoms. The van der Waals surface area contributed by atoms with Gasteiger partial charge in [-0.15, -0.1) is 12.4 Å². The summed E-state index contributed by atoms with van der Waals surface area (Å²) in [7, 11) is 0. The van der Waals surface area contributed by atoms with E-state index in [1.807, 2.05) is 0 Å². The molecular formula is C17H20ClNO. The molecule has 1 N–H and O–H groups in total. The predicted molar refractivity (Wildman–Crippen MR) is 84.8 cm³/mol. The van der Waals surface area contributed by atoms with Crippen LogP contribution in [0.5, 0.6) is 5.75 Å². The van der Waals surface area contributed by atoms with Crippen LogP contribution in [-0.4, -0.2) is 19.2 Å². The zero-order valence-corrected chi connectivity index (χ0v) is 12.2. The van der Waals surface area contributed by atoms with Crippen molar-refractivity contribution >= 4 is 12.4 Å². The van der Waals surface area contributed by atoms with E-state index in [-0.39, 0.29) is 12.4 Å². The summed E-state index contributed by atoms with van der Waals surface area (Å²) >= 11 is 0. The molecule has 0 radical (unpaired) electrons. The Labute approximate surface area is 126 Å². The fraction of sp³-hybridized carbons (Fsp3) is 0.294. The van der Waals surface area contributed by atoms with E-state index < -0.39 is 0 Å². The van der Waals surface area contributed by atoms with Crippen molar-refractivity contribution < 1.29 is 4.74 Å². The van der Waals surface area contributed by atoms with Crippen LogP contribution in [0.25, 0.3) is 0 Å². The minimum absolute atomic E-state index is 0. The molecule has 0 aromatic heterocycles. The maximum absolute atomic E-state index is 5.92. The molecule has 1 aliphatic heterocycles. The summed E-state index contributed by atoms with van der Waals surface area (Å²) in [6.45, 7) is 2.03. The number of nitrogens with one attached hydrogen (secondary N) is 1. The first-order valence-corrected chi connectivity index (χ1v) is 6.90. The number of ether oxygens (including phenoxy) is 1. The van der Waals surface area contributed by atoms with E-state index in [0.29, 0.717) is 6.10 Å². The van der Waals surface area contributed by atoms with Gasteiger partial charge >= 0.3 is 0 Å². The zero-order valence-electron chi connectivity index (χ0n) is 11.4. The highest BCUT2D eigenvalue weighted by molar-refractivity contribution is 5.85. The third kappa shape index (κ3) is 3.99. The Kier molecular flexibility index (Phi) is 5.45. The van der Waals surface area contributed by atoms with Crippen LogP contribution < -0.4 is 10.1 Å². The van der Waals surface area contributed by atoms with Crippen LogP contribution >= 0.6 is 12.4 Å². The molecule has 1 aliphatic rings. The van der Waals surface area contributed by atoms with Gasteiger partial charge in [0.05, 0.1) is 0 Å². The molecule has 0 amide bonds. The molecule has 1 saturated heterocycles. The molecule has 2 aromatic rings. The van der Waals surface area contributed by atoms with Crippen molar-refractivity contribution in [1.82, 2.24) is 5.32 Å². The minimum atomic E-state index is 0. The number of hydrogen-bond donors (Lipinski definition) is 1. The molecule has 0 bridgehead atoms. The lowest BCUT2D eigenvalue weighted by atomic mass is 10.1. The van der Waals surface area contributed by atoms with Gasteiger partial charge < -0.3 is 10.1 Å². The summed E-state index contributed by atoms with van der Waals surface area (Å²) in [5, 5.41) is 3.31. The first-order valence-electron chi connectivity index (χ1n) is 6.90. The second-order valence-corrected chi connectivity index (χ2v) is 5.04. The van der Waals surface area contributed by atoms with Gasteiger partial charge in [0.2, 0.25) is 0 Å². The summed E-state index contributed by atoms with van der Waals surface area (Å²) in [6.07, 6.45) is 2.41. The average molecular weight is 290 g/mol. The van der Waals surface area contributed by atoms with Crippen LogP contribution in [0.3, 0.4) is 0 Å². The van der Waals surface area contributed by atoms with E-state index >= 15 is 0 Å². The molecule has 3 rings (SSSR count). The van der Waals surface area contributed by atoms with Gasteiger partial charge in [0.25, 0.3) is 0 Å². The van der Waals surface area contributed by atoms with Gasteiger partial charge in [0, 0.05) is 6.54 Å². The first-order chi connectivity index (χ1) is 9.40. The smallest absolute Gasteiger partial charge is 0.119 e. The first kappa shape index (κ1) is 14.9. The van der Waals surface area contributed by atoms with Gasteiger partial charge in [-0.05, 0) is 42.6 Å². The number of rotatable bonds is 4. The van der Waals surface area contributed by atoms with Crippen molar-refractivity contribution in [2.75, 3.05) is 13.1 Å². The Morgan fingerprint density at radius 2 is 1.65 bits per heavy atom. The van der Waals surface area contributed by atoms with Crippen LogP contribution in [0.1, 0.15) is 17.5 Å². The molecule has 0 spiro atoms. The molecule has 2 nitrogen and oxygen atoms in total.